The van der Waals surface area contributed by atoms with Crippen molar-refractivity contribution in [3.8, 4) is 0 Å². The first-order chi connectivity index (χ1) is 18.0. The zero-order valence-corrected chi connectivity index (χ0v) is 22.0. The van der Waals surface area contributed by atoms with Crippen LogP contribution in [0.25, 0.3) is 0 Å². The number of rotatable bonds is 6. The highest BCUT2D eigenvalue weighted by Gasteiger charge is 2.29. The number of amides is 2. The number of likely N-dealkylation sites (tertiary alicyclic amines) is 1. The van der Waals surface area contributed by atoms with Crippen LogP contribution in [0.2, 0.25) is 10.0 Å². The van der Waals surface area contributed by atoms with Gasteiger partial charge in [-0.05, 0) is 72.7 Å². The third-order valence-electron chi connectivity index (χ3n) is 7.33. The van der Waals surface area contributed by atoms with E-state index in [4.69, 9.17) is 23.2 Å². The molecule has 9 heteroatoms. The van der Waals surface area contributed by atoms with Gasteiger partial charge in [0.25, 0.3) is 0 Å². The molecule has 2 aromatic carbocycles. The van der Waals surface area contributed by atoms with Crippen LogP contribution in [0, 0.1) is 5.92 Å². The van der Waals surface area contributed by atoms with E-state index < -0.39 is 0 Å². The van der Waals surface area contributed by atoms with E-state index in [0.29, 0.717) is 41.2 Å². The van der Waals surface area contributed by atoms with E-state index in [1.54, 1.807) is 24.4 Å². The summed E-state index contributed by atoms with van der Waals surface area (Å²) in [6.45, 7) is 2.84. The largest absolute Gasteiger partial charge is 0.354 e. The highest BCUT2D eigenvalue weighted by atomic mass is 35.5. The van der Waals surface area contributed by atoms with Crippen LogP contribution in [-0.2, 0) is 16.0 Å². The van der Waals surface area contributed by atoms with Crippen molar-refractivity contribution in [1.82, 2.24) is 15.1 Å². The molecule has 2 saturated heterocycles. The maximum Gasteiger partial charge on any atom is 0.229 e. The molecule has 2 aliphatic rings. The van der Waals surface area contributed by atoms with Crippen molar-refractivity contribution in [2.45, 2.75) is 31.6 Å². The van der Waals surface area contributed by atoms with Gasteiger partial charge in [0.1, 0.15) is 0 Å². The van der Waals surface area contributed by atoms with Gasteiger partial charge in [-0.2, -0.15) is 5.10 Å². The fourth-order valence-electron chi connectivity index (χ4n) is 5.15. The lowest BCUT2D eigenvalue weighted by Gasteiger charge is -2.32. The van der Waals surface area contributed by atoms with Crippen LogP contribution in [0.3, 0.4) is 0 Å². The molecule has 2 aliphatic heterocycles. The minimum absolute atomic E-state index is 0.0320. The number of nitrogens with zero attached hydrogens (tertiary/aromatic N) is 4. The van der Waals surface area contributed by atoms with Crippen LogP contribution in [0.4, 0.5) is 11.5 Å². The van der Waals surface area contributed by atoms with Crippen molar-refractivity contribution in [1.29, 1.82) is 0 Å². The summed E-state index contributed by atoms with van der Waals surface area (Å²) in [6, 6.07) is 17.2. The van der Waals surface area contributed by atoms with Crippen molar-refractivity contribution in [3.05, 3.63) is 82.0 Å². The standard InChI is InChI=1S/C28H29Cl2N5O2/c29-24-3-1-4-25(30)23(24)17-27(36)34-14-10-20(11-15-34)19-6-8-22(9-7-19)32-28(37)21-12-16-35(18-21)26-5-2-13-31-33-26/h1-9,13,20-21H,10-12,14-18H2,(H,32,37)/t21-/m0/s1. The Morgan fingerprint density at radius 3 is 2.32 bits per heavy atom. The van der Waals surface area contributed by atoms with Gasteiger partial charge < -0.3 is 15.1 Å². The Labute approximate surface area is 226 Å². The van der Waals surface area contributed by atoms with Crippen LogP contribution in [0.5, 0.6) is 0 Å². The molecule has 5 rings (SSSR count). The number of benzene rings is 2. The number of nitrogens with one attached hydrogen (secondary N) is 1. The van der Waals surface area contributed by atoms with Gasteiger partial charge in [0.2, 0.25) is 11.8 Å². The predicted molar refractivity (Wildman–Crippen MR) is 146 cm³/mol. The first-order valence-electron chi connectivity index (χ1n) is 12.6. The van der Waals surface area contributed by atoms with Gasteiger partial charge in [-0.3, -0.25) is 9.59 Å². The maximum absolute atomic E-state index is 12.8. The molecular weight excluding hydrogens is 509 g/mol. The lowest BCUT2D eigenvalue weighted by atomic mass is 9.89. The van der Waals surface area contributed by atoms with E-state index in [2.05, 4.69) is 32.5 Å². The first kappa shape index (κ1) is 25.5. The molecular formula is C28H29Cl2N5O2. The van der Waals surface area contributed by atoms with Crippen LogP contribution < -0.4 is 10.2 Å². The molecule has 1 N–H and O–H groups in total. The number of halogens is 2. The molecule has 7 nitrogen and oxygen atoms in total. The van der Waals surface area contributed by atoms with E-state index in [-0.39, 0.29) is 24.2 Å². The van der Waals surface area contributed by atoms with Gasteiger partial charge in [0.15, 0.2) is 5.82 Å². The third-order valence-corrected chi connectivity index (χ3v) is 8.04. The Kier molecular flexibility index (Phi) is 7.91. The highest BCUT2D eigenvalue weighted by Crippen LogP contribution is 2.31. The van der Waals surface area contributed by atoms with Crippen molar-refractivity contribution in [3.63, 3.8) is 0 Å². The number of carbonyl (C=O) groups is 2. The number of anilines is 2. The maximum atomic E-state index is 12.8. The molecule has 2 fully saturated rings. The first-order valence-corrected chi connectivity index (χ1v) is 13.4. The second-order valence-corrected chi connectivity index (χ2v) is 10.5. The van der Waals surface area contributed by atoms with Gasteiger partial charge in [0, 0.05) is 48.1 Å². The fourth-order valence-corrected chi connectivity index (χ4v) is 5.68. The summed E-state index contributed by atoms with van der Waals surface area (Å²) in [5, 5.41) is 12.2. The Morgan fingerprint density at radius 1 is 0.919 bits per heavy atom. The topological polar surface area (TPSA) is 78.4 Å². The third kappa shape index (κ3) is 6.05. The second kappa shape index (κ2) is 11.5. The molecule has 0 bridgehead atoms. The quantitative estimate of drug-likeness (QED) is 0.467. The molecule has 37 heavy (non-hydrogen) atoms. The summed E-state index contributed by atoms with van der Waals surface area (Å²) in [7, 11) is 0. The highest BCUT2D eigenvalue weighted by molar-refractivity contribution is 6.36. The Bertz CT molecular complexity index is 1230. The SMILES string of the molecule is O=C(Nc1ccc(C2CCN(C(=O)Cc3c(Cl)cccc3Cl)CC2)cc1)[C@H]1CCN(c2cccnn2)C1. The molecule has 1 atom stereocenters. The molecule has 0 saturated carbocycles. The zero-order chi connectivity index (χ0) is 25.8. The predicted octanol–water partition coefficient (Wildman–Crippen LogP) is 5.20. The molecule has 192 valence electrons. The number of hydrogen-bond acceptors (Lipinski definition) is 5. The lowest BCUT2D eigenvalue weighted by molar-refractivity contribution is -0.131. The van der Waals surface area contributed by atoms with Crippen molar-refractivity contribution < 1.29 is 9.59 Å². The van der Waals surface area contributed by atoms with Crippen LogP contribution >= 0.6 is 23.2 Å². The number of hydrogen-bond donors (Lipinski definition) is 1. The summed E-state index contributed by atoms with van der Waals surface area (Å²) in [5.74, 6) is 1.20. The summed E-state index contributed by atoms with van der Waals surface area (Å²) >= 11 is 12.5. The van der Waals surface area contributed by atoms with Crippen LogP contribution in [0.15, 0.2) is 60.8 Å². The van der Waals surface area contributed by atoms with Crippen LogP contribution in [0.1, 0.15) is 36.3 Å². The van der Waals surface area contributed by atoms with E-state index in [0.717, 1.165) is 37.3 Å². The Morgan fingerprint density at radius 2 is 1.65 bits per heavy atom. The van der Waals surface area contributed by atoms with Gasteiger partial charge >= 0.3 is 0 Å². The summed E-state index contributed by atoms with van der Waals surface area (Å²) in [6.07, 6.45) is 4.45. The van der Waals surface area contributed by atoms with Gasteiger partial charge in [-0.1, -0.05) is 41.4 Å². The summed E-state index contributed by atoms with van der Waals surface area (Å²) in [4.78, 5) is 29.7. The molecule has 3 aromatic rings. The fraction of sp³-hybridized carbons (Fsp3) is 0.357. The average molecular weight is 538 g/mol. The van der Waals surface area contributed by atoms with Gasteiger partial charge in [-0.15, -0.1) is 5.10 Å². The molecule has 3 heterocycles. The Hall–Kier alpha value is -3.16. The molecule has 0 spiro atoms. The molecule has 1 aromatic heterocycles. The Balaban J connectivity index is 1.10. The molecule has 0 aliphatic carbocycles. The smallest absolute Gasteiger partial charge is 0.229 e. The minimum Gasteiger partial charge on any atom is -0.354 e. The lowest BCUT2D eigenvalue weighted by Crippen LogP contribution is -2.38. The second-order valence-electron chi connectivity index (χ2n) is 9.66. The minimum atomic E-state index is -0.0794. The van der Waals surface area contributed by atoms with Gasteiger partial charge in [0.05, 0.1) is 12.3 Å². The van der Waals surface area contributed by atoms with Gasteiger partial charge in [-0.25, -0.2) is 0 Å². The van der Waals surface area contributed by atoms with Crippen molar-refractivity contribution in [2.24, 2.45) is 5.92 Å². The average Bonchev–Trinajstić information content (AvgIpc) is 3.43. The molecule has 0 unspecified atom stereocenters. The zero-order valence-electron chi connectivity index (χ0n) is 20.4. The van der Waals surface area contributed by atoms with Crippen molar-refractivity contribution in [2.75, 3.05) is 36.4 Å². The van der Waals surface area contributed by atoms with Crippen molar-refractivity contribution >= 4 is 46.5 Å². The summed E-state index contributed by atoms with van der Waals surface area (Å²) in [5.41, 5.74) is 2.72. The number of carbonyl (C=O) groups excluding carboxylic acids is 2. The van der Waals surface area contributed by atoms with E-state index in [9.17, 15) is 9.59 Å². The monoisotopic (exact) mass is 537 g/mol. The molecule has 2 amide bonds. The van der Waals surface area contributed by atoms with Crippen LogP contribution in [-0.4, -0.2) is 53.1 Å². The summed E-state index contributed by atoms with van der Waals surface area (Å²) < 4.78 is 0. The van der Waals surface area contributed by atoms with E-state index >= 15 is 0 Å². The van der Waals surface area contributed by atoms with E-state index in [1.165, 1.54) is 5.56 Å². The number of piperidine rings is 1. The van der Waals surface area contributed by atoms with E-state index in [1.807, 2.05) is 29.2 Å². The molecule has 0 radical (unpaired) electrons. The number of aromatic nitrogens is 2. The normalized spacial score (nSPS) is 18.2.